The summed E-state index contributed by atoms with van der Waals surface area (Å²) in [4.78, 5) is 15.2. The second-order valence-corrected chi connectivity index (χ2v) is 6.22. The largest absolute Gasteiger partial charge is 0.333 e. The molecule has 0 saturated carbocycles. The van der Waals surface area contributed by atoms with Crippen LogP contribution in [0, 0.1) is 5.89 Å². The van der Waals surface area contributed by atoms with Crippen molar-refractivity contribution >= 4 is 5.91 Å². The van der Waals surface area contributed by atoms with Crippen LogP contribution in [0.3, 0.4) is 0 Å². The summed E-state index contributed by atoms with van der Waals surface area (Å²) < 4.78 is 93.9. The van der Waals surface area contributed by atoms with E-state index in [2.05, 4.69) is 0 Å². The molecule has 116 valence electrons. The van der Waals surface area contributed by atoms with Crippen LogP contribution in [-0.4, -0.2) is 47.8 Å². The van der Waals surface area contributed by atoms with Crippen LogP contribution < -0.4 is 0 Å². The van der Waals surface area contributed by atoms with Gasteiger partial charge in [0.1, 0.15) is 0 Å². The van der Waals surface area contributed by atoms with Gasteiger partial charge in [-0.3, -0.25) is 4.79 Å². The minimum Gasteiger partial charge on any atom is -0.333 e. The van der Waals surface area contributed by atoms with Crippen molar-refractivity contribution in [2.45, 2.75) is 44.0 Å². The topological polar surface area (TPSA) is 23.6 Å². The molecule has 1 amide bonds. The zero-order chi connectivity index (χ0) is 24.5. The van der Waals surface area contributed by atoms with Crippen molar-refractivity contribution < 1.29 is 19.9 Å². The maximum atomic E-state index is 13.8. The van der Waals surface area contributed by atoms with Gasteiger partial charge in [-0.05, 0) is 68.2 Å². The Hall–Kier alpha value is -1.35. The van der Waals surface area contributed by atoms with E-state index in [0.29, 0.717) is 35.3 Å². The lowest BCUT2D eigenvalue weighted by molar-refractivity contribution is 0.00258. The van der Waals surface area contributed by atoms with E-state index in [9.17, 15) is 6.17 Å². The molecule has 2 bridgehead atoms. The Balaban J connectivity index is 1.76. The number of carbonyl (C=O) groups excluding carboxylic acids is 1. The normalized spacial score (nSPS) is 57.2. The Bertz CT molecular complexity index is 1090. The first kappa shape index (κ1) is 6.27. The number of amides is 1. The molecular weight excluding hydrogens is 272 g/mol. The Morgan fingerprint density at radius 3 is 3.27 bits per heavy atom. The molecule has 0 radical (unpaired) electrons. The summed E-state index contributed by atoms with van der Waals surface area (Å²) in [7, 11) is 0. The van der Waals surface area contributed by atoms with Crippen molar-refractivity contribution in [3.05, 3.63) is 34.8 Å². The number of nitrogens with zero attached hydrogens (tertiary/aromatic N) is 2. The minimum absolute atomic E-state index is 0.107. The molecule has 6 rings (SSSR count). The average molecular weight is 307 g/mol. The summed E-state index contributed by atoms with van der Waals surface area (Å²) in [5, 5.41) is 0. The number of fused-ring (bicyclic) bond motifs is 3. The van der Waals surface area contributed by atoms with E-state index < -0.39 is 55.2 Å². The first-order chi connectivity index (χ1) is 15.1. The molecule has 0 N–H and O–H groups in total. The van der Waals surface area contributed by atoms with Crippen molar-refractivity contribution in [3.63, 3.8) is 0 Å². The molecule has 3 fully saturated rings. The van der Waals surface area contributed by atoms with Crippen molar-refractivity contribution in [2.24, 2.45) is 5.89 Å². The van der Waals surface area contributed by atoms with Gasteiger partial charge in [0.15, 0.2) is 0 Å². The van der Waals surface area contributed by atoms with Crippen LogP contribution in [0.2, 0.25) is 0 Å². The summed E-state index contributed by atoms with van der Waals surface area (Å²) >= 11 is 0. The highest BCUT2D eigenvalue weighted by atomic mass is 16.2. The van der Waals surface area contributed by atoms with E-state index in [1.807, 2.05) is 0 Å². The fourth-order valence-corrected chi connectivity index (χ4v) is 3.91. The van der Waals surface area contributed by atoms with Gasteiger partial charge in [0, 0.05) is 40.1 Å². The molecule has 0 aromatic heterocycles. The van der Waals surface area contributed by atoms with E-state index >= 15 is 0 Å². The molecule has 4 aliphatic heterocycles. The summed E-state index contributed by atoms with van der Waals surface area (Å²) in [6.45, 7) is -6.23. The van der Waals surface area contributed by atoms with Crippen LogP contribution >= 0.6 is 0 Å². The van der Waals surface area contributed by atoms with E-state index in [-0.39, 0.29) is 31.1 Å². The molecule has 3 nitrogen and oxygen atoms in total. The third-order valence-corrected chi connectivity index (χ3v) is 4.97. The Kier molecular flexibility index (Phi) is 1.37. The minimum atomic E-state index is -2.97. The molecular formula is C19H24N2O. The van der Waals surface area contributed by atoms with Crippen LogP contribution in [0.1, 0.15) is 68.1 Å². The lowest BCUT2D eigenvalue weighted by atomic mass is 9.75. The maximum Gasteiger partial charge on any atom is 0.254 e. The van der Waals surface area contributed by atoms with Crippen LogP contribution in [0.15, 0.2) is 18.1 Å². The second kappa shape index (κ2) is 4.82. The molecule has 3 heteroatoms. The van der Waals surface area contributed by atoms with Crippen molar-refractivity contribution in [1.82, 2.24) is 9.80 Å². The predicted molar refractivity (Wildman–Crippen MR) is 86.1 cm³/mol. The molecule has 5 aliphatic rings. The monoisotopic (exact) mass is 307 g/mol. The molecule has 0 spiro atoms. The summed E-state index contributed by atoms with van der Waals surface area (Å²) in [6.07, 6.45) is -1.66. The van der Waals surface area contributed by atoms with Crippen LogP contribution in [-0.2, 0) is 6.42 Å². The first-order valence-corrected chi connectivity index (χ1v) is 7.79. The molecule has 1 aliphatic carbocycles. The van der Waals surface area contributed by atoms with Gasteiger partial charge in [-0.25, -0.2) is 0 Å². The lowest BCUT2D eigenvalue weighted by Gasteiger charge is -2.51. The predicted octanol–water partition coefficient (Wildman–Crippen LogP) is 2.66. The van der Waals surface area contributed by atoms with Gasteiger partial charge in [-0.15, -0.1) is 0 Å². The van der Waals surface area contributed by atoms with Gasteiger partial charge in [0.05, 0.1) is 5.48 Å². The summed E-state index contributed by atoms with van der Waals surface area (Å²) in [6, 6.07) is -3.83. The molecule has 1 aromatic rings. The highest BCUT2D eigenvalue weighted by molar-refractivity contribution is 5.97. The molecule has 4 heterocycles. The zero-order valence-electron chi connectivity index (χ0n) is 23.1. The number of hydrogen-bond acceptors (Lipinski definition) is 2. The second-order valence-electron chi connectivity index (χ2n) is 6.22. The Morgan fingerprint density at radius 2 is 2.32 bits per heavy atom. The maximum absolute atomic E-state index is 13.8. The SMILES string of the molecule is [2H]c1c([2H])c2c3c(c1[2H])C(=O)N([C@]1([2H])C([2H])([2H])N4CC[C@]1([2H])C([2H])([2H])C4([2H])[2H])C[C@H]3CCC2. The highest BCUT2D eigenvalue weighted by Gasteiger charge is 2.43. The average Bonchev–Trinajstić information content (AvgIpc) is 2.73. The molecule has 1 unspecified atom stereocenters. The van der Waals surface area contributed by atoms with Gasteiger partial charge in [-0.1, -0.05) is 12.1 Å². The standard InChI is InChI=1S/C19H24N2O/c22-19-16-6-2-4-14-3-1-5-15(18(14)16)11-21(19)17-12-20-9-7-13(17)8-10-20/h2,4,6,13,15,17H,1,3,5,7-12H2/t15-,17-/m1/s1/i2D,4D,6D,7D2,9D2,12D2,13D,17D/t13-,15+,17+/m0. The van der Waals surface area contributed by atoms with Crippen molar-refractivity contribution in [1.29, 1.82) is 0 Å². The number of piperidine rings is 3. The van der Waals surface area contributed by atoms with Crippen LogP contribution in [0.5, 0.6) is 0 Å². The molecule has 4 atom stereocenters. The van der Waals surface area contributed by atoms with E-state index in [1.54, 1.807) is 0 Å². The fourth-order valence-electron chi connectivity index (χ4n) is 3.91. The molecule has 22 heavy (non-hydrogen) atoms. The van der Waals surface area contributed by atoms with Crippen LogP contribution in [0.25, 0.3) is 0 Å². The zero-order valence-corrected chi connectivity index (χ0v) is 12.1. The van der Waals surface area contributed by atoms with E-state index in [0.717, 1.165) is 4.90 Å². The smallest absolute Gasteiger partial charge is 0.254 e. The van der Waals surface area contributed by atoms with Gasteiger partial charge < -0.3 is 9.80 Å². The molecule has 3 saturated heterocycles. The Labute approximate surface area is 147 Å². The van der Waals surface area contributed by atoms with Gasteiger partial charge in [0.25, 0.3) is 5.91 Å². The fraction of sp³-hybridized carbons (Fsp3) is 0.632. The molecule has 1 aromatic carbocycles. The van der Waals surface area contributed by atoms with Crippen LogP contribution in [0.4, 0.5) is 0 Å². The highest BCUT2D eigenvalue weighted by Crippen LogP contribution is 2.41. The quantitative estimate of drug-likeness (QED) is 0.796. The summed E-state index contributed by atoms with van der Waals surface area (Å²) in [5.41, 5.74) is 0.822. The van der Waals surface area contributed by atoms with E-state index in [4.69, 9.17) is 13.7 Å². The number of rotatable bonds is 1. The lowest BCUT2D eigenvalue weighted by Crippen LogP contribution is -2.60. The number of carbonyl (C=O) groups is 1. The number of benzene rings is 1. The van der Waals surface area contributed by atoms with Gasteiger partial charge >= 0.3 is 0 Å². The van der Waals surface area contributed by atoms with Gasteiger partial charge in [-0.2, -0.15) is 0 Å². The summed E-state index contributed by atoms with van der Waals surface area (Å²) in [5.74, 6) is -4.00. The van der Waals surface area contributed by atoms with E-state index in [1.165, 1.54) is 0 Å². The van der Waals surface area contributed by atoms with Crippen molar-refractivity contribution in [3.8, 4) is 0 Å². The Morgan fingerprint density at radius 1 is 1.36 bits per heavy atom. The van der Waals surface area contributed by atoms with Crippen molar-refractivity contribution in [2.75, 3.05) is 26.1 Å². The third-order valence-electron chi connectivity index (χ3n) is 4.97. The first-order valence-electron chi connectivity index (χ1n) is 13.3. The van der Waals surface area contributed by atoms with Gasteiger partial charge in [0.2, 0.25) is 0 Å². The number of hydrogen-bond donors (Lipinski definition) is 0. The third kappa shape index (κ3) is 1.81.